The Kier molecular flexibility index (Phi) is 1.89. The van der Waals surface area contributed by atoms with E-state index in [4.69, 9.17) is 0 Å². The normalized spacial score (nSPS) is 11.1. The number of pyridine rings is 1. The molecule has 3 aromatic rings. The zero-order valence-electron chi connectivity index (χ0n) is 9.10. The fourth-order valence-corrected chi connectivity index (χ4v) is 2.04. The fourth-order valence-electron chi connectivity index (χ4n) is 2.04. The van der Waals surface area contributed by atoms with Crippen molar-refractivity contribution < 1.29 is 4.92 Å². The van der Waals surface area contributed by atoms with Crippen LogP contribution in [-0.4, -0.2) is 14.9 Å². The maximum atomic E-state index is 10.8. The standard InChI is InChI=1S/C12H9N3O2/c1-7-6-9-8-4-2-3-5-10(8)13-11(9)14-12(7)15(16)17/h2-6H,1H3,(H,13,14). The molecule has 2 aromatic heterocycles. The first-order valence-corrected chi connectivity index (χ1v) is 5.19. The lowest BCUT2D eigenvalue weighted by Crippen LogP contribution is -1.95. The average molecular weight is 227 g/mol. The van der Waals surface area contributed by atoms with E-state index in [9.17, 15) is 10.1 Å². The minimum atomic E-state index is -0.458. The molecule has 17 heavy (non-hydrogen) atoms. The molecule has 0 spiro atoms. The van der Waals surface area contributed by atoms with Gasteiger partial charge in [0, 0.05) is 16.5 Å². The topological polar surface area (TPSA) is 71.8 Å². The van der Waals surface area contributed by atoms with Crippen molar-refractivity contribution in [2.24, 2.45) is 0 Å². The summed E-state index contributed by atoms with van der Waals surface area (Å²) < 4.78 is 0. The monoisotopic (exact) mass is 227 g/mol. The number of aromatic amines is 1. The number of fused-ring (bicyclic) bond motifs is 3. The van der Waals surface area contributed by atoms with Gasteiger partial charge in [-0.05, 0) is 29.0 Å². The maximum Gasteiger partial charge on any atom is 0.368 e. The minimum Gasteiger partial charge on any atom is -0.358 e. The van der Waals surface area contributed by atoms with Crippen LogP contribution in [0, 0.1) is 17.0 Å². The van der Waals surface area contributed by atoms with Crippen molar-refractivity contribution in [2.45, 2.75) is 6.92 Å². The zero-order chi connectivity index (χ0) is 12.0. The highest BCUT2D eigenvalue weighted by Crippen LogP contribution is 2.27. The summed E-state index contributed by atoms with van der Waals surface area (Å²) in [5.74, 6) is -0.0935. The first kappa shape index (κ1) is 9.77. The molecule has 0 radical (unpaired) electrons. The Morgan fingerprint density at radius 3 is 2.82 bits per heavy atom. The fraction of sp³-hybridized carbons (Fsp3) is 0.0833. The van der Waals surface area contributed by atoms with Gasteiger partial charge in [0.2, 0.25) is 0 Å². The molecule has 0 atom stereocenters. The number of benzene rings is 1. The molecule has 84 valence electrons. The molecule has 3 rings (SSSR count). The quantitative estimate of drug-likeness (QED) is 0.513. The molecule has 0 aliphatic heterocycles. The molecule has 0 fully saturated rings. The largest absolute Gasteiger partial charge is 0.368 e. The molecular weight excluding hydrogens is 218 g/mol. The highest BCUT2D eigenvalue weighted by atomic mass is 16.6. The van der Waals surface area contributed by atoms with Crippen LogP contribution < -0.4 is 0 Å². The number of aryl methyl sites for hydroxylation is 1. The van der Waals surface area contributed by atoms with Crippen molar-refractivity contribution in [1.82, 2.24) is 9.97 Å². The molecule has 5 heteroatoms. The van der Waals surface area contributed by atoms with Crippen LogP contribution in [0.3, 0.4) is 0 Å². The number of hydrogen-bond acceptors (Lipinski definition) is 3. The molecule has 0 aliphatic rings. The Morgan fingerprint density at radius 1 is 1.29 bits per heavy atom. The first-order valence-electron chi connectivity index (χ1n) is 5.19. The minimum absolute atomic E-state index is 0.0935. The smallest absolute Gasteiger partial charge is 0.358 e. The molecule has 0 saturated carbocycles. The lowest BCUT2D eigenvalue weighted by molar-refractivity contribution is -0.389. The van der Waals surface area contributed by atoms with E-state index in [1.165, 1.54) is 0 Å². The van der Waals surface area contributed by atoms with Gasteiger partial charge in [-0.1, -0.05) is 18.2 Å². The van der Waals surface area contributed by atoms with Crippen LogP contribution in [0.5, 0.6) is 0 Å². The van der Waals surface area contributed by atoms with Crippen molar-refractivity contribution >= 4 is 27.8 Å². The van der Waals surface area contributed by atoms with E-state index in [-0.39, 0.29) is 5.82 Å². The summed E-state index contributed by atoms with van der Waals surface area (Å²) in [6.45, 7) is 1.70. The Hall–Kier alpha value is -2.43. The first-order chi connectivity index (χ1) is 8.16. The summed E-state index contributed by atoms with van der Waals surface area (Å²) in [4.78, 5) is 17.5. The summed E-state index contributed by atoms with van der Waals surface area (Å²) >= 11 is 0. The highest BCUT2D eigenvalue weighted by molar-refractivity contribution is 6.06. The van der Waals surface area contributed by atoms with Crippen molar-refractivity contribution in [1.29, 1.82) is 0 Å². The summed E-state index contributed by atoms with van der Waals surface area (Å²) in [6.07, 6.45) is 0. The van der Waals surface area contributed by atoms with Gasteiger partial charge in [-0.15, -0.1) is 0 Å². The zero-order valence-corrected chi connectivity index (χ0v) is 9.10. The Labute approximate surface area is 96.2 Å². The van der Waals surface area contributed by atoms with Gasteiger partial charge in [0.25, 0.3) is 5.65 Å². The molecule has 0 bridgehead atoms. The third-order valence-corrected chi connectivity index (χ3v) is 2.83. The number of aromatic nitrogens is 2. The van der Waals surface area contributed by atoms with Crippen LogP contribution in [0.4, 0.5) is 5.82 Å². The lowest BCUT2D eigenvalue weighted by atomic mass is 10.1. The molecule has 0 saturated heterocycles. The van der Waals surface area contributed by atoms with Crippen LogP contribution >= 0.6 is 0 Å². The van der Waals surface area contributed by atoms with E-state index in [1.54, 1.807) is 13.0 Å². The number of rotatable bonds is 1. The Morgan fingerprint density at radius 2 is 2.06 bits per heavy atom. The van der Waals surface area contributed by atoms with Gasteiger partial charge in [0.1, 0.15) is 0 Å². The van der Waals surface area contributed by atoms with E-state index < -0.39 is 4.92 Å². The van der Waals surface area contributed by atoms with Gasteiger partial charge in [0.05, 0.1) is 5.39 Å². The summed E-state index contributed by atoms with van der Waals surface area (Å²) in [7, 11) is 0. The summed E-state index contributed by atoms with van der Waals surface area (Å²) in [5, 5.41) is 12.8. The number of nitro groups is 1. The molecule has 2 heterocycles. The highest BCUT2D eigenvalue weighted by Gasteiger charge is 2.17. The van der Waals surface area contributed by atoms with Crippen LogP contribution in [-0.2, 0) is 0 Å². The second-order valence-corrected chi connectivity index (χ2v) is 3.95. The average Bonchev–Trinajstić information content (AvgIpc) is 2.65. The third kappa shape index (κ3) is 1.36. The van der Waals surface area contributed by atoms with E-state index >= 15 is 0 Å². The van der Waals surface area contributed by atoms with Crippen molar-refractivity contribution in [3.05, 3.63) is 46.0 Å². The Bertz CT molecular complexity index is 746. The molecule has 0 unspecified atom stereocenters. The van der Waals surface area contributed by atoms with Crippen LogP contribution in [0.15, 0.2) is 30.3 Å². The van der Waals surface area contributed by atoms with Gasteiger partial charge in [-0.3, -0.25) is 0 Å². The van der Waals surface area contributed by atoms with Crippen LogP contribution in [0.25, 0.3) is 21.9 Å². The van der Waals surface area contributed by atoms with E-state index in [2.05, 4.69) is 9.97 Å². The second-order valence-electron chi connectivity index (χ2n) is 3.95. The summed E-state index contributed by atoms with van der Waals surface area (Å²) in [6, 6.07) is 9.56. The predicted octanol–water partition coefficient (Wildman–Crippen LogP) is 2.93. The SMILES string of the molecule is Cc1cc2c(nc1[N+](=O)[O-])[nH]c1ccccc12. The third-order valence-electron chi connectivity index (χ3n) is 2.83. The number of para-hydroxylation sites is 1. The van der Waals surface area contributed by atoms with E-state index in [1.807, 2.05) is 24.3 Å². The predicted molar refractivity (Wildman–Crippen MR) is 65.0 cm³/mol. The number of nitrogens with one attached hydrogen (secondary N) is 1. The van der Waals surface area contributed by atoms with Gasteiger partial charge in [0.15, 0.2) is 0 Å². The van der Waals surface area contributed by atoms with Gasteiger partial charge >= 0.3 is 5.82 Å². The van der Waals surface area contributed by atoms with Crippen LogP contribution in [0.2, 0.25) is 0 Å². The molecule has 5 nitrogen and oxygen atoms in total. The molecule has 0 amide bonds. The van der Waals surface area contributed by atoms with Crippen molar-refractivity contribution in [2.75, 3.05) is 0 Å². The molecular formula is C12H9N3O2. The second kappa shape index (κ2) is 3.28. The maximum absolute atomic E-state index is 10.8. The van der Waals surface area contributed by atoms with Gasteiger partial charge < -0.3 is 15.1 Å². The number of hydrogen-bond donors (Lipinski definition) is 1. The van der Waals surface area contributed by atoms with Crippen molar-refractivity contribution in [3.8, 4) is 0 Å². The molecule has 1 aromatic carbocycles. The molecule has 1 N–H and O–H groups in total. The van der Waals surface area contributed by atoms with E-state index in [0.29, 0.717) is 11.2 Å². The van der Waals surface area contributed by atoms with Crippen molar-refractivity contribution in [3.63, 3.8) is 0 Å². The number of nitrogens with zero attached hydrogens (tertiary/aromatic N) is 2. The van der Waals surface area contributed by atoms with Crippen LogP contribution in [0.1, 0.15) is 5.56 Å². The van der Waals surface area contributed by atoms with Gasteiger partial charge in [-0.2, -0.15) is 0 Å². The lowest BCUT2D eigenvalue weighted by Gasteiger charge is -1.96. The Balaban J connectivity index is 2.46. The molecule has 0 aliphatic carbocycles. The van der Waals surface area contributed by atoms with Gasteiger partial charge in [-0.25, -0.2) is 0 Å². The summed E-state index contributed by atoms with van der Waals surface area (Å²) in [5.41, 5.74) is 2.07. The number of H-pyrrole nitrogens is 1. The van der Waals surface area contributed by atoms with E-state index in [0.717, 1.165) is 16.3 Å².